The van der Waals surface area contributed by atoms with E-state index in [0.717, 1.165) is 16.3 Å². The van der Waals surface area contributed by atoms with E-state index >= 15 is 0 Å². The largest absolute Gasteiger partial charge is 0.306 e. The molecule has 3 nitrogen and oxygen atoms in total. The number of carbonyl (C=O) groups is 1. The van der Waals surface area contributed by atoms with Crippen LogP contribution < -0.4 is 10.9 Å². The Bertz CT molecular complexity index is 527. The number of hydrazine groups is 1. The van der Waals surface area contributed by atoms with Crippen LogP contribution in [0.15, 0.2) is 40.5 Å². The summed E-state index contributed by atoms with van der Waals surface area (Å²) >= 11 is 3.36. The fourth-order valence-electron chi connectivity index (χ4n) is 3.17. The fourth-order valence-corrected chi connectivity index (χ4v) is 3.57. The van der Waals surface area contributed by atoms with Gasteiger partial charge < -0.3 is 5.43 Å². The lowest BCUT2D eigenvalue weighted by molar-refractivity contribution is 0.0940. The molecule has 2 N–H and O–H groups in total. The number of fused-ring (bicyclic) bond motifs is 2. The highest BCUT2D eigenvalue weighted by molar-refractivity contribution is 9.10. The van der Waals surface area contributed by atoms with E-state index in [4.69, 9.17) is 0 Å². The monoisotopic (exact) mass is 320 g/mol. The predicted octanol–water partition coefficient (Wildman–Crippen LogP) is 3.39. The molecule has 2 fully saturated rings. The van der Waals surface area contributed by atoms with Gasteiger partial charge in [0.05, 0.1) is 0 Å². The smallest absolute Gasteiger partial charge is 0.269 e. The topological polar surface area (TPSA) is 41.1 Å². The first-order chi connectivity index (χ1) is 9.22. The van der Waals surface area contributed by atoms with Crippen LogP contribution in [-0.4, -0.2) is 5.91 Å². The van der Waals surface area contributed by atoms with Crippen molar-refractivity contribution in [1.82, 2.24) is 10.9 Å². The molecule has 1 amide bonds. The summed E-state index contributed by atoms with van der Waals surface area (Å²) in [5.74, 6) is 1.53. The number of nitrogens with one attached hydrogen (secondary N) is 2. The zero-order valence-electron chi connectivity index (χ0n) is 10.7. The van der Waals surface area contributed by atoms with Gasteiger partial charge >= 0.3 is 0 Å². The first-order valence-corrected chi connectivity index (χ1v) is 7.52. The Morgan fingerprint density at radius 3 is 2.95 bits per heavy atom. The van der Waals surface area contributed by atoms with Gasteiger partial charge in [0.15, 0.2) is 0 Å². The van der Waals surface area contributed by atoms with Gasteiger partial charge in [-0.2, -0.15) is 0 Å². The molecule has 19 heavy (non-hydrogen) atoms. The summed E-state index contributed by atoms with van der Waals surface area (Å²) in [7, 11) is 0. The van der Waals surface area contributed by atoms with Crippen LogP contribution in [0.5, 0.6) is 0 Å². The Labute approximate surface area is 121 Å². The Morgan fingerprint density at radius 1 is 1.37 bits per heavy atom. The van der Waals surface area contributed by atoms with Crippen LogP contribution in [0.4, 0.5) is 0 Å². The van der Waals surface area contributed by atoms with Gasteiger partial charge in [-0.15, -0.1) is 0 Å². The molecule has 0 spiro atoms. The molecule has 0 saturated heterocycles. The number of amides is 1. The summed E-state index contributed by atoms with van der Waals surface area (Å²) in [5.41, 5.74) is 7.79. The van der Waals surface area contributed by atoms with E-state index in [1.54, 1.807) is 6.07 Å². The van der Waals surface area contributed by atoms with Crippen molar-refractivity contribution in [3.05, 3.63) is 46.1 Å². The molecular weight excluding hydrogens is 304 g/mol. The minimum atomic E-state index is -0.110. The molecule has 3 rings (SSSR count). The summed E-state index contributed by atoms with van der Waals surface area (Å²) in [6.45, 7) is 0. The van der Waals surface area contributed by atoms with Crippen molar-refractivity contribution >= 4 is 21.8 Å². The normalized spacial score (nSPS) is 26.7. The van der Waals surface area contributed by atoms with Gasteiger partial charge in [0.2, 0.25) is 0 Å². The average Bonchev–Trinajstić information content (AvgIpc) is 3.01. The van der Waals surface area contributed by atoms with Crippen LogP contribution in [0.3, 0.4) is 0 Å². The second-order valence-electron chi connectivity index (χ2n) is 5.41. The number of hydrogen-bond donors (Lipinski definition) is 2. The molecule has 2 aliphatic rings. The Hall–Kier alpha value is -1.29. The molecule has 2 saturated carbocycles. The molecule has 0 aromatic heterocycles. The lowest BCUT2D eigenvalue weighted by Gasteiger charge is -2.13. The van der Waals surface area contributed by atoms with E-state index in [9.17, 15) is 4.79 Å². The molecular formula is C15H17BrN2O. The van der Waals surface area contributed by atoms with Gasteiger partial charge in [-0.1, -0.05) is 22.0 Å². The first-order valence-electron chi connectivity index (χ1n) is 6.73. The lowest BCUT2D eigenvalue weighted by atomic mass is 9.96. The summed E-state index contributed by atoms with van der Waals surface area (Å²) in [6, 6.07) is 7.36. The SMILES string of the molecule is O=C(NN/C=C1/C[C@@H]2CC[C@@H]1C2)c1cccc(Br)c1. The molecule has 1 aromatic carbocycles. The van der Waals surface area contributed by atoms with E-state index in [-0.39, 0.29) is 5.91 Å². The summed E-state index contributed by atoms with van der Waals surface area (Å²) in [5, 5.41) is 0. The summed E-state index contributed by atoms with van der Waals surface area (Å²) < 4.78 is 0.909. The summed E-state index contributed by atoms with van der Waals surface area (Å²) in [4.78, 5) is 11.9. The number of halogens is 1. The van der Waals surface area contributed by atoms with E-state index in [2.05, 4.69) is 26.8 Å². The number of rotatable bonds is 3. The maximum atomic E-state index is 11.9. The van der Waals surface area contributed by atoms with Crippen molar-refractivity contribution in [1.29, 1.82) is 0 Å². The molecule has 0 unspecified atom stereocenters. The highest BCUT2D eigenvalue weighted by Gasteiger charge is 2.35. The minimum absolute atomic E-state index is 0.110. The Kier molecular flexibility index (Phi) is 3.60. The van der Waals surface area contributed by atoms with Gasteiger partial charge in [-0.05, 0) is 61.3 Å². The predicted molar refractivity (Wildman–Crippen MR) is 78.3 cm³/mol. The van der Waals surface area contributed by atoms with E-state index in [0.29, 0.717) is 5.56 Å². The summed E-state index contributed by atoms with van der Waals surface area (Å²) in [6.07, 6.45) is 7.22. The zero-order valence-corrected chi connectivity index (χ0v) is 12.2. The highest BCUT2D eigenvalue weighted by Crippen LogP contribution is 2.47. The van der Waals surface area contributed by atoms with Gasteiger partial charge in [-0.3, -0.25) is 10.2 Å². The average molecular weight is 321 g/mol. The second kappa shape index (κ2) is 5.37. The Morgan fingerprint density at radius 2 is 2.26 bits per heavy atom. The van der Waals surface area contributed by atoms with Crippen molar-refractivity contribution in [3.63, 3.8) is 0 Å². The van der Waals surface area contributed by atoms with Crippen LogP contribution in [-0.2, 0) is 0 Å². The third kappa shape index (κ3) is 2.84. The molecule has 4 heteroatoms. The molecule has 0 radical (unpaired) electrons. The molecule has 100 valence electrons. The number of allylic oxidation sites excluding steroid dienone is 1. The van der Waals surface area contributed by atoms with Crippen LogP contribution in [0.1, 0.15) is 36.0 Å². The van der Waals surface area contributed by atoms with Crippen LogP contribution in [0.25, 0.3) is 0 Å². The van der Waals surface area contributed by atoms with Gasteiger partial charge in [0.1, 0.15) is 0 Å². The third-order valence-electron chi connectivity index (χ3n) is 4.12. The molecule has 1 aromatic rings. The van der Waals surface area contributed by atoms with Crippen molar-refractivity contribution in [2.75, 3.05) is 0 Å². The number of hydrogen-bond acceptors (Lipinski definition) is 2. The highest BCUT2D eigenvalue weighted by atomic mass is 79.9. The van der Waals surface area contributed by atoms with Crippen LogP contribution in [0, 0.1) is 11.8 Å². The molecule has 0 aliphatic heterocycles. The second-order valence-corrected chi connectivity index (χ2v) is 6.32. The minimum Gasteiger partial charge on any atom is -0.306 e. The maximum Gasteiger partial charge on any atom is 0.269 e. The van der Waals surface area contributed by atoms with Crippen LogP contribution in [0.2, 0.25) is 0 Å². The first kappa shape index (κ1) is 12.7. The van der Waals surface area contributed by atoms with E-state index in [1.807, 2.05) is 24.4 Å². The number of carbonyl (C=O) groups excluding carboxylic acids is 1. The quantitative estimate of drug-likeness (QED) is 0.838. The van der Waals surface area contributed by atoms with Gasteiger partial charge in [-0.25, -0.2) is 0 Å². The van der Waals surface area contributed by atoms with Gasteiger partial charge in [0.25, 0.3) is 5.91 Å². The molecule has 0 heterocycles. The lowest BCUT2D eigenvalue weighted by Crippen LogP contribution is -2.34. The van der Waals surface area contributed by atoms with E-state index < -0.39 is 0 Å². The zero-order chi connectivity index (χ0) is 13.2. The van der Waals surface area contributed by atoms with Crippen molar-refractivity contribution in [2.45, 2.75) is 25.7 Å². The third-order valence-corrected chi connectivity index (χ3v) is 4.61. The van der Waals surface area contributed by atoms with Crippen LogP contribution >= 0.6 is 15.9 Å². The Balaban J connectivity index is 1.55. The van der Waals surface area contributed by atoms with Crippen molar-refractivity contribution in [3.8, 4) is 0 Å². The van der Waals surface area contributed by atoms with E-state index in [1.165, 1.54) is 31.3 Å². The van der Waals surface area contributed by atoms with Gasteiger partial charge in [0, 0.05) is 16.2 Å². The molecule has 2 atom stereocenters. The van der Waals surface area contributed by atoms with Crippen molar-refractivity contribution in [2.24, 2.45) is 11.8 Å². The number of benzene rings is 1. The molecule has 2 aliphatic carbocycles. The maximum absolute atomic E-state index is 11.9. The molecule has 2 bridgehead atoms. The fraction of sp³-hybridized carbons (Fsp3) is 0.400. The van der Waals surface area contributed by atoms with Crippen molar-refractivity contribution < 1.29 is 4.79 Å². The standard InChI is InChI=1S/C15H17BrN2O/c16-14-3-1-2-12(8-14)15(19)18-17-9-13-7-10-4-5-11(13)6-10/h1-3,8-11,17H,4-7H2,(H,18,19)/b13-9-/t10-,11-/m1/s1.